The van der Waals surface area contributed by atoms with Crippen molar-refractivity contribution >= 4 is 34.0 Å². The van der Waals surface area contributed by atoms with E-state index < -0.39 is 4.92 Å². The predicted octanol–water partition coefficient (Wildman–Crippen LogP) is 4.23. The molecule has 2 aromatic rings. The van der Waals surface area contributed by atoms with E-state index in [1.54, 1.807) is 30.3 Å². The molecule has 3 aliphatic rings. The van der Waals surface area contributed by atoms with Crippen LogP contribution in [0, 0.1) is 33.8 Å². The van der Waals surface area contributed by atoms with Crippen LogP contribution in [0.3, 0.4) is 0 Å². The molecule has 2 aliphatic carbocycles. The Morgan fingerprint density at radius 3 is 2.07 bits per heavy atom. The summed E-state index contributed by atoms with van der Waals surface area (Å²) < 4.78 is 0. The fourth-order valence-electron chi connectivity index (χ4n) is 5.85. The highest BCUT2D eigenvalue weighted by molar-refractivity contribution is 6.26. The molecule has 1 saturated heterocycles. The van der Waals surface area contributed by atoms with E-state index in [2.05, 4.69) is 13.8 Å². The minimum atomic E-state index is -0.435. The van der Waals surface area contributed by atoms with Gasteiger partial charge in [0.2, 0.25) is 11.8 Å². The normalized spacial score (nSPS) is 28.4. The van der Waals surface area contributed by atoms with Gasteiger partial charge in [-0.05, 0) is 50.7 Å². The molecular formula is C22H20N2O4. The average molecular weight is 376 g/mol. The van der Waals surface area contributed by atoms with Crippen LogP contribution in [0.2, 0.25) is 0 Å². The number of anilines is 1. The fraction of sp³-hybridized carbons (Fsp3) is 0.364. The lowest BCUT2D eigenvalue weighted by atomic mass is 9.81. The maximum Gasteiger partial charge on any atom is 0.277 e. The van der Waals surface area contributed by atoms with Crippen molar-refractivity contribution in [2.75, 3.05) is 4.90 Å². The molecule has 5 rings (SSSR count). The highest BCUT2D eigenvalue weighted by Gasteiger charge is 2.63. The van der Waals surface area contributed by atoms with Crippen LogP contribution in [0.4, 0.5) is 11.4 Å². The second kappa shape index (κ2) is 5.74. The van der Waals surface area contributed by atoms with Crippen LogP contribution in [0.25, 0.3) is 10.8 Å². The Hall–Kier alpha value is -3.02. The number of fused-ring (bicyclic) bond motifs is 6. The number of carbonyl (C=O) groups excluding carboxylic acids is 2. The molecule has 4 unspecified atom stereocenters. The van der Waals surface area contributed by atoms with E-state index in [0.29, 0.717) is 16.5 Å². The lowest BCUT2D eigenvalue weighted by Crippen LogP contribution is -2.33. The number of imide groups is 1. The summed E-state index contributed by atoms with van der Waals surface area (Å²) >= 11 is 0. The van der Waals surface area contributed by atoms with Gasteiger partial charge in [-0.15, -0.1) is 0 Å². The number of nitro groups is 1. The predicted molar refractivity (Wildman–Crippen MR) is 105 cm³/mol. The number of hydrogen-bond donors (Lipinski definition) is 0. The molecule has 0 N–H and O–H groups in total. The molecule has 2 bridgehead atoms. The number of non-ortho nitro benzene ring substituents is 1. The first kappa shape index (κ1) is 17.1. The summed E-state index contributed by atoms with van der Waals surface area (Å²) in [6, 6.07) is 9.83. The van der Waals surface area contributed by atoms with Gasteiger partial charge in [0.25, 0.3) is 5.69 Å². The van der Waals surface area contributed by atoms with Gasteiger partial charge in [0.15, 0.2) is 0 Å². The molecule has 142 valence electrons. The summed E-state index contributed by atoms with van der Waals surface area (Å²) in [5.74, 6) is -0.563. The van der Waals surface area contributed by atoms with Crippen molar-refractivity contribution in [1.29, 1.82) is 0 Å². The van der Waals surface area contributed by atoms with Crippen LogP contribution >= 0.6 is 0 Å². The summed E-state index contributed by atoms with van der Waals surface area (Å²) in [6.07, 6.45) is 1.92. The molecule has 0 spiro atoms. The second-order valence-corrected chi connectivity index (χ2v) is 8.22. The maximum atomic E-state index is 13.4. The first-order valence-corrected chi connectivity index (χ1v) is 9.63. The maximum absolute atomic E-state index is 13.4. The number of nitro benzene ring substituents is 1. The zero-order chi connectivity index (χ0) is 19.7. The SMILES string of the molecule is CC(C)=C1C2CCC1C1C(=O)N(c3ccc([N+](=O)[O-])c4ccccc34)C(=O)C21. The van der Waals surface area contributed by atoms with Crippen molar-refractivity contribution in [1.82, 2.24) is 0 Å². The molecular weight excluding hydrogens is 356 g/mol. The summed E-state index contributed by atoms with van der Waals surface area (Å²) in [7, 11) is 0. The standard InChI is InChI=1S/C22H20N2O4/c1-11(2)18-14-7-8-15(18)20-19(14)21(25)23(22(20)26)16-9-10-17(24(27)28)13-6-4-3-5-12(13)16/h3-6,9-10,14-15,19-20H,7-8H2,1-2H3. The van der Waals surface area contributed by atoms with E-state index in [0.717, 1.165) is 12.8 Å². The summed E-state index contributed by atoms with van der Waals surface area (Å²) in [4.78, 5) is 39.0. The molecule has 4 atom stereocenters. The number of hydrogen-bond acceptors (Lipinski definition) is 4. The van der Waals surface area contributed by atoms with Crippen molar-refractivity contribution in [3.63, 3.8) is 0 Å². The minimum absolute atomic E-state index is 0.0227. The van der Waals surface area contributed by atoms with Gasteiger partial charge in [0.05, 0.1) is 27.8 Å². The third-order valence-electron chi connectivity index (χ3n) is 6.75. The third kappa shape index (κ3) is 2.03. The Morgan fingerprint density at radius 1 is 0.964 bits per heavy atom. The number of allylic oxidation sites excluding steroid dienone is 2. The summed E-state index contributed by atoms with van der Waals surface area (Å²) in [5, 5.41) is 12.4. The molecule has 2 amide bonds. The Labute approximate surface area is 162 Å². The van der Waals surface area contributed by atoms with E-state index in [4.69, 9.17) is 0 Å². The van der Waals surface area contributed by atoms with Gasteiger partial charge in [-0.25, -0.2) is 4.90 Å². The molecule has 6 heteroatoms. The van der Waals surface area contributed by atoms with Gasteiger partial charge in [0, 0.05) is 11.5 Å². The highest BCUT2D eigenvalue weighted by Crippen LogP contribution is 2.60. The van der Waals surface area contributed by atoms with E-state index in [1.165, 1.54) is 22.1 Å². The number of nitrogens with zero attached hydrogens (tertiary/aromatic N) is 2. The van der Waals surface area contributed by atoms with Gasteiger partial charge in [-0.1, -0.05) is 29.3 Å². The lowest BCUT2D eigenvalue weighted by Gasteiger charge is -2.20. The van der Waals surface area contributed by atoms with E-state index in [1.807, 2.05) is 0 Å². The van der Waals surface area contributed by atoms with Crippen LogP contribution in [0.15, 0.2) is 47.5 Å². The first-order valence-electron chi connectivity index (χ1n) is 9.63. The Bertz CT molecular complexity index is 1070. The van der Waals surface area contributed by atoms with Crippen LogP contribution in [0.1, 0.15) is 26.7 Å². The van der Waals surface area contributed by atoms with E-state index in [-0.39, 0.29) is 41.2 Å². The Morgan fingerprint density at radius 2 is 1.54 bits per heavy atom. The van der Waals surface area contributed by atoms with Gasteiger partial charge in [-0.3, -0.25) is 19.7 Å². The molecule has 6 nitrogen and oxygen atoms in total. The molecule has 28 heavy (non-hydrogen) atoms. The first-order chi connectivity index (χ1) is 13.4. The zero-order valence-corrected chi connectivity index (χ0v) is 15.7. The smallest absolute Gasteiger partial charge is 0.274 e. The van der Waals surface area contributed by atoms with Gasteiger partial charge in [0.1, 0.15) is 0 Å². The summed E-state index contributed by atoms with van der Waals surface area (Å²) in [5.41, 5.74) is 2.98. The number of carbonyl (C=O) groups is 2. The Kier molecular flexibility index (Phi) is 3.50. The van der Waals surface area contributed by atoms with Crippen LogP contribution in [-0.2, 0) is 9.59 Å². The van der Waals surface area contributed by atoms with E-state index >= 15 is 0 Å². The average Bonchev–Trinajstić information content (AvgIpc) is 3.31. The quantitative estimate of drug-likeness (QED) is 0.340. The number of benzene rings is 2. The monoisotopic (exact) mass is 376 g/mol. The van der Waals surface area contributed by atoms with Gasteiger partial charge >= 0.3 is 0 Å². The van der Waals surface area contributed by atoms with E-state index in [9.17, 15) is 19.7 Å². The molecule has 1 heterocycles. The molecule has 2 saturated carbocycles. The molecule has 0 aromatic heterocycles. The fourth-order valence-corrected chi connectivity index (χ4v) is 5.85. The van der Waals surface area contributed by atoms with Crippen molar-refractivity contribution < 1.29 is 14.5 Å². The number of rotatable bonds is 2. The minimum Gasteiger partial charge on any atom is -0.274 e. The largest absolute Gasteiger partial charge is 0.277 e. The topological polar surface area (TPSA) is 80.5 Å². The molecule has 3 fully saturated rings. The second-order valence-electron chi connectivity index (χ2n) is 8.22. The molecule has 2 aromatic carbocycles. The molecule has 1 aliphatic heterocycles. The van der Waals surface area contributed by atoms with Crippen LogP contribution in [0.5, 0.6) is 0 Å². The van der Waals surface area contributed by atoms with Crippen LogP contribution < -0.4 is 4.90 Å². The zero-order valence-electron chi connectivity index (χ0n) is 15.7. The lowest BCUT2D eigenvalue weighted by molar-refractivity contribution is -0.383. The van der Waals surface area contributed by atoms with Crippen molar-refractivity contribution in [3.8, 4) is 0 Å². The molecule has 0 radical (unpaired) electrons. The Balaban J connectivity index is 1.65. The van der Waals surface area contributed by atoms with Crippen molar-refractivity contribution in [3.05, 3.63) is 57.7 Å². The van der Waals surface area contributed by atoms with Gasteiger partial charge < -0.3 is 0 Å². The van der Waals surface area contributed by atoms with Crippen LogP contribution in [-0.4, -0.2) is 16.7 Å². The highest BCUT2D eigenvalue weighted by atomic mass is 16.6. The third-order valence-corrected chi connectivity index (χ3v) is 6.75. The van der Waals surface area contributed by atoms with Gasteiger partial charge in [-0.2, -0.15) is 0 Å². The van der Waals surface area contributed by atoms with Crippen molar-refractivity contribution in [2.24, 2.45) is 23.7 Å². The summed E-state index contributed by atoms with van der Waals surface area (Å²) in [6.45, 7) is 4.14. The number of amides is 2. The van der Waals surface area contributed by atoms with Crippen molar-refractivity contribution in [2.45, 2.75) is 26.7 Å².